The van der Waals surface area contributed by atoms with Crippen LogP contribution in [0.15, 0.2) is 51.7 Å². The van der Waals surface area contributed by atoms with Gasteiger partial charge in [-0.05, 0) is 30.3 Å². The van der Waals surface area contributed by atoms with Crippen molar-refractivity contribution in [2.45, 2.75) is 6.54 Å². The van der Waals surface area contributed by atoms with E-state index in [2.05, 4.69) is 15.9 Å². The van der Waals surface area contributed by atoms with E-state index in [-0.39, 0.29) is 12.0 Å². The highest BCUT2D eigenvalue weighted by atomic mass is 79.9. The number of carboxylic acid groups (broad SMARTS) is 1. The van der Waals surface area contributed by atoms with E-state index in [0.717, 1.165) is 4.47 Å². The monoisotopic (exact) mass is 331 g/mol. The topological polar surface area (TPSA) is 59.3 Å². The Bertz CT molecular complexity index is 899. The summed E-state index contributed by atoms with van der Waals surface area (Å²) in [5.74, 6) is -0.942. The van der Waals surface area contributed by atoms with Crippen LogP contribution >= 0.6 is 15.9 Å². The highest BCUT2D eigenvalue weighted by Crippen LogP contribution is 2.22. The van der Waals surface area contributed by atoms with Gasteiger partial charge < -0.3 is 9.67 Å². The standard InChI is InChI=1S/C15H10BrNO3/c16-9-5-6-13-11(7-9)15(20)10-3-1-2-4-12(10)17(13)8-14(18)19/h1-7H,8H2,(H,18,19). The van der Waals surface area contributed by atoms with Crippen molar-refractivity contribution in [2.24, 2.45) is 0 Å². The molecule has 4 nitrogen and oxygen atoms in total. The zero-order chi connectivity index (χ0) is 14.3. The molecule has 0 bridgehead atoms. The molecule has 0 radical (unpaired) electrons. The van der Waals surface area contributed by atoms with E-state index in [1.807, 2.05) is 0 Å². The fourth-order valence-corrected chi connectivity index (χ4v) is 2.77. The Morgan fingerprint density at radius 2 is 1.80 bits per heavy atom. The smallest absolute Gasteiger partial charge is 0.323 e. The van der Waals surface area contributed by atoms with Crippen molar-refractivity contribution in [3.05, 3.63) is 57.2 Å². The number of pyridine rings is 1. The molecule has 3 rings (SSSR count). The van der Waals surface area contributed by atoms with Crippen LogP contribution < -0.4 is 5.43 Å². The molecule has 0 aliphatic rings. The zero-order valence-electron chi connectivity index (χ0n) is 10.3. The minimum atomic E-state index is -0.942. The molecule has 5 heteroatoms. The highest BCUT2D eigenvalue weighted by molar-refractivity contribution is 9.10. The molecule has 0 unspecified atom stereocenters. The van der Waals surface area contributed by atoms with Gasteiger partial charge in [-0.1, -0.05) is 28.1 Å². The van der Waals surface area contributed by atoms with E-state index in [4.69, 9.17) is 5.11 Å². The molecule has 0 amide bonds. The minimum Gasteiger partial charge on any atom is -0.480 e. The van der Waals surface area contributed by atoms with Crippen LogP contribution in [0.1, 0.15) is 0 Å². The van der Waals surface area contributed by atoms with E-state index in [9.17, 15) is 9.59 Å². The molecule has 1 heterocycles. The van der Waals surface area contributed by atoms with Gasteiger partial charge in [0.05, 0.1) is 11.0 Å². The summed E-state index contributed by atoms with van der Waals surface area (Å²) >= 11 is 3.34. The molecule has 0 aliphatic carbocycles. The molecule has 0 fully saturated rings. The van der Waals surface area contributed by atoms with E-state index < -0.39 is 5.97 Å². The minimum absolute atomic E-state index is 0.0847. The van der Waals surface area contributed by atoms with Crippen molar-refractivity contribution in [3.63, 3.8) is 0 Å². The summed E-state index contributed by atoms with van der Waals surface area (Å²) in [5, 5.41) is 10.1. The molecule has 1 aromatic heterocycles. The van der Waals surface area contributed by atoms with Crippen LogP contribution in [0, 0.1) is 0 Å². The van der Waals surface area contributed by atoms with Crippen LogP contribution in [0.5, 0.6) is 0 Å². The maximum absolute atomic E-state index is 12.5. The zero-order valence-corrected chi connectivity index (χ0v) is 11.9. The van der Waals surface area contributed by atoms with Crippen LogP contribution in [0.4, 0.5) is 0 Å². The third-order valence-corrected chi connectivity index (χ3v) is 3.72. The van der Waals surface area contributed by atoms with Gasteiger partial charge in [0, 0.05) is 15.2 Å². The molecular formula is C15H10BrNO3. The van der Waals surface area contributed by atoms with Gasteiger partial charge in [-0.25, -0.2) is 0 Å². The van der Waals surface area contributed by atoms with E-state index in [1.54, 1.807) is 47.0 Å². The second-order valence-corrected chi connectivity index (χ2v) is 5.40. The Morgan fingerprint density at radius 1 is 1.10 bits per heavy atom. The van der Waals surface area contributed by atoms with E-state index in [1.165, 1.54) is 0 Å². The molecule has 3 aromatic rings. The van der Waals surface area contributed by atoms with Gasteiger partial charge in [-0.3, -0.25) is 9.59 Å². The number of carboxylic acids is 1. The number of nitrogens with zero attached hydrogens (tertiary/aromatic N) is 1. The van der Waals surface area contributed by atoms with Crippen LogP contribution in [0.25, 0.3) is 21.8 Å². The van der Waals surface area contributed by atoms with Gasteiger partial charge in [-0.15, -0.1) is 0 Å². The average Bonchev–Trinajstić information content (AvgIpc) is 2.43. The summed E-state index contributed by atoms with van der Waals surface area (Å²) in [6, 6.07) is 12.3. The average molecular weight is 332 g/mol. The molecule has 0 spiro atoms. The number of rotatable bonds is 2. The number of hydrogen-bond donors (Lipinski definition) is 1. The first-order chi connectivity index (χ1) is 9.58. The van der Waals surface area contributed by atoms with Gasteiger partial charge in [0.2, 0.25) is 0 Å². The van der Waals surface area contributed by atoms with Gasteiger partial charge >= 0.3 is 5.97 Å². The van der Waals surface area contributed by atoms with Crippen molar-refractivity contribution in [2.75, 3.05) is 0 Å². The second kappa shape index (κ2) is 4.76. The molecule has 2 aromatic carbocycles. The number of benzene rings is 2. The Kier molecular flexibility index (Phi) is 3.06. The van der Waals surface area contributed by atoms with E-state index in [0.29, 0.717) is 21.8 Å². The lowest BCUT2D eigenvalue weighted by Crippen LogP contribution is -2.15. The lowest BCUT2D eigenvalue weighted by molar-refractivity contribution is -0.137. The first-order valence-electron chi connectivity index (χ1n) is 6.00. The fourth-order valence-electron chi connectivity index (χ4n) is 2.41. The van der Waals surface area contributed by atoms with Crippen molar-refractivity contribution in [1.82, 2.24) is 4.57 Å². The molecular weight excluding hydrogens is 322 g/mol. The molecule has 20 heavy (non-hydrogen) atoms. The van der Waals surface area contributed by atoms with Gasteiger partial charge in [0.15, 0.2) is 5.43 Å². The Hall–Kier alpha value is -2.14. The third kappa shape index (κ3) is 2.00. The number of aliphatic carboxylic acids is 1. The summed E-state index contributed by atoms with van der Waals surface area (Å²) in [7, 11) is 0. The number of hydrogen-bond acceptors (Lipinski definition) is 2. The van der Waals surface area contributed by atoms with Crippen LogP contribution in [0.3, 0.4) is 0 Å². The number of carbonyl (C=O) groups is 1. The molecule has 0 aliphatic heterocycles. The first-order valence-corrected chi connectivity index (χ1v) is 6.80. The van der Waals surface area contributed by atoms with Crippen LogP contribution in [0.2, 0.25) is 0 Å². The quantitative estimate of drug-likeness (QED) is 0.734. The van der Waals surface area contributed by atoms with Crippen LogP contribution in [-0.2, 0) is 11.3 Å². The van der Waals surface area contributed by atoms with Gasteiger partial charge in [0.1, 0.15) is 6.54 Å². The van der Waals surface area contributed by atoms with E-state index >= 15 is 0 Å². The summed E-state index contributed by atoms with van der Waals surface area (Å²) in [6.45, 7) is -0.182. The summed E-state index contributed by atoms with van der Waals surface area (Å²) in [6.07, 6.45) is 0. The number of fused-ring (bicyclic) bond motifs is 2. The maximum atomic E-state index is 12.5. The predicted molar refractivity (Wildman–Crippen MR) is 81.0 cm³/mol. The molecule has 0 saturated heterocycles. The highest BCUT2D eigenvalue weighted by Gasteiger charge is 2.12. The normalized spacial score (nSPS) is 11.1. The molecule has 100 valence electrons. The van der Waals surface area contributed by atoms with Crippen molar-refractivity contribution in [1.29, 1.82) is 0 Å². The fraction of sp³-hybridized carbons (Fsp3) is 0.0667. The van der Waals surface area contributed by atoms with Crippen LogP contribution in [-0.4, -0.2) is 15.6 Å². The number of aromatic nitrogens is 1. The summed E-state index contributed by atoms with van der Waals surface area (Å²) in [4.78, 5) is 23.6. The summed E-state index contributed by atoms with van der Waals surface area (Å²) < 4.78 is 2.44. The maximum Gasteiger partial charge on any atom is 0.323 e. The SMILES string of the molecule is O=C(O)Cn1c2ccccc2c(=O)c2cc(Br)ccc21. The van der Waals surface area contributed by atoms with Crippen molar-refractivity contribution in [3.8, 4) is 0 Å². The lowest BCUT2D eigenvalue weighted by Gasteiger charge is -2.13. The largest absolute Gasteiger partial charge is 0.480 e. The predicted octanol–water partition coefficient (Wildman–Crippen LogP) is 3.00. The molecule has 0 saturated carbocycles. The first kappa shape index (κ1) is 12.9. The van der Waals surface area contributed by atoms with Crippen molar-refractivity contribution < 1.29 is 9.90 Å². The lowest BCUT2D eigenvalue weighted by atomic mass is 10.1. The Labute approximate surface area is 122 Å². The number of halogens is 1. The Morgan fingerprint density at radius 3 is 2.55 bits per heavy atom. The Balaban J connectivity index is 2.56. The van der Waals surface area contributed by atoms with Gasteiger partial charge in [-0.2, -0.15) is 0 Å². The van der Waals surface area contributed by atoms with Gasteiger partial charge in [0.25, 0.3) is 0 Å². The molecule has 1 N–H and O–H groups in total. The second-order valence-electron chi connectivity index (χ2n) is 4.49. The molecule has 0 atom stereocenters. The summed E-state index contributed by atoms with van der Waals surface area (Å²) in [5.41, 5.74) is 1.17. The van der Waals surface area contributed by atoms with Crippen molar-refractivity contribution >= 4 is 43.7 Å². The number of para-hydroxylation sites is 1. The third-order valence-electron chi connectivity index (χ3n) is 3.23.